The van der Waals surface area contributed by atoms with Gasteiger partial charge in [-0.25, -0.2) is 0 Å². The molecule has 2 rings (SSSR count). The molecule has 0 amide bonds. The van der Waals surface area contributed by atoms with Crippen molar-refractivity contribution in [1.82, 2.24) is 10.7 Å². The molecule has 1 aliphatic heterocycles. The van der Waals surface area contributed by atoms with Crippen LogP contribution in [0.15, 0.2) is 17.2 Å². The molecule has 104 valence electrons. The number of ether oxygens (including phenoxy) is 1. The molecule has 7 heteroatoms. The van der Waals surface area contributed by atoms with Gasteiger partial charge < -0.3 is 10.1 Å². The Balaban J connectivity index is 1.75. The van der Waals surface area contributed by atoms with Gasteiger partial charge in [0.2, 0.25) is 0 Å². The summed E-state index contributed by atoms with van der Waals surface area (Å²) in [5.74, 6) is 0. The second-order valence-electron chi connectivity index (χ2n) is 4.26. The van der Waals surface area contributed by atoms with Crippen LogP contribution in [0.2, 0.25) is 4.34 Å². The summed E-state index contributed by atoms with van der Waals surface area (Å²) < 4.78 is 6.26. The molecule has 0 aromatic carbocycles. The van der Waals surface area contributed by atoms with E-state index in [0.717, 1.165) is 40.9 Å². The molecule has 1 atom stereocenters. The largest absolute Gasteiger partial charge is 0.376 e. The Hall–Kier alpha value is -0.690. The monoisotopic (exact) mass is 317 g/mol. The Bertz CT molecular complexity index is 469. The number of halogens is 1. The maximum atomic E-state index is 5.88. The summed E-state index contributed by atoms with van der Waals surface area (Å²) in [5.41, 5.74) is 3.69. The molecule has 0 spiro atoms. The minimum absolute atomic E-state index is 0.265. The fourth-order valence-electron chi connectivity index (χ4n) is 1.75. The first-order valence-electron chi connectivity index (χ1n) is 6.10. The molecular formula is C12H16ClN3OS2. The Morgan fingerprint density at radius 3 is 3.11 bits per heavy atom. The highest BCUT2D eigenvalue weighted by Gasteiger charge is 2.15. The van der Waals surface area contributed by atoms with Crippen LogP contribution in [-0.4, -0.2) is 30.1 Å². The van der Waals surface area contributed by atoms with Crippen molar-refractivity contribution in [2.24, 2.45) is 5.10 Å². The molecule has 2 N–H and O–H groups in total. The van der Waals surface area contributed by atoms with Crippen molar-refractivity contribution in [2.75, 3.05) is 13.2 Å². The van der Waals surface area contributed by atoms with E-state index < -0.39 is 0 Å². The van der Waals surface area contributed by atoms with Gasteiger partial charge in [-0.15, -0.1) is 11.3 Å². The molecule has 0 radical (unpaired) electrons. The van der Waals surface area contributed by atoms with Gasteiger partial charge in [0.15, 0.2) is 5.11 Å². The molecule has 1 aromatic rings. The number of rotatable bonds is 4. The molecule has 2 heterocycles. The van der Waals surface area contributed by atoms with Crippen LogP contribution in [0.25, 0.3) is 0 Å². The molecule has 1 fully saturated rings. The summed E-state index contributed by atoms with van der Waals surface area (Å²) in [7, 11) is 0. The number of nitrogens with zero attached hydrogens (tertiary/aromatic N) is 1. The van der Waals surface area contributed by atoms with E-state index in [1.807, 2.05) is 19.1 Å². The molecule has 19 heavy (non-hydrogen) atoms. The maximum Gasteiger partial charge on any atom is 0.187 e. The van der Waals surface area contributed by atoms with E-state index in [4.69, 9.17) is 28.6 Å². The van der Waals surface area contributed by atoms with Crippen molar-refractivity contribution in [1.29, 1.82) is 0 Å². The van der Waals surface area contributed by atoms with Crippen LogP contribution >= 0.6 is 35.2 Å². The summed E-state index contributed by atoms with van der Waals surface area (Å²) in [5, 5.41) is 7.84. The lowest BCUT2D eigenvalue weighted by molar-refractivity contribution is 0.114. The zero-order chi connectivity index (χ0) is 13.7. The minimum Gasteiger partial charge on any atom is -0.376 e. The Labute approximate surface area is 127 Å². The predicted molar refractivity (Wildman–Crippen MR) is 84.3 cm³/mol. The number of thiophene rings is 1. The lowest BCUT2D eigenvalue weighted by Gasteiger charge is -2.12. The van der Waals surface area contributed by atoms with Gasteiger partial charge in [0, 0.05) is 13.2 Å². The van der Waals surface area contributed by atoms with Crippen molar-refractivity contribution in [2.45, 2.75) is 25.9 Å². The molecule has 0 bridgehead atoms. The summed E-state index contributed by atoms with van der Waals surface area (Å²) in [6.45, 7) is 3.49. The maximum absolute atomic E-state index is 5.88. The van der Waals surface area contributed by atoms with Crippen LogP contribution < -0.4 is 10.7 Å². The lowest BCUT2D eigenvalue weighted by Crippen LogP contribution is -2.37. The number of hydrogen-bond donors (Lipinski definition) is 2. The fraction of sp³-hybridized carbons (Fsp3) is 0.500. The second kappa shape index (κ2) is 7.19. The topological polar surface area (TPSA) is 45.7 Å². The molecule has 1 unspecified atom stereocenters. The normalized spacial score (nSPS) is 19.5. The minimum atomic E-state index is 0.265. The lowest BCUT2D eigenvalue weighted by atomic mass is 10.2. The zero-order valence-corrected chi connectivity index (χ0v) is 13.0. The van der Waals surface area contributed by atoms with Crippen molar-refractivity contribution < 1.29 is 4.74 Å². The van der Waals surface area contributed by atoms with E-state index in [1.54, 1.807) is 0 Å². The van der Waals surface area contributed by atoms with Crippen molar-refractivity contribution in [3.05, 3.63) is 21.3 Å². The average Bonchev–Trinajstić information content (AvgIpc) is 3.04. The summed E-state index contributed by atoms with van der Waals surface area (Å²) >= 11 is 12.5. The average molecular weight is 318 g/mol. The quantitative estimate of drug-likeness (QED) is 0.509. The van der Waals surface area contributed by atoms with E-state index in [0.29, 0.717) is 5.11 Å². The highest BCUT2D eigenvalue weighted by Crippen LogP contribution is 2.21. The highest BCUT2D eigenvalue weighted by molar-refractivity contribution is 7.80. The molecule has 0 aliphatic carbocycles. The first kappa shape index (κ1) is 14.7. The van der Waals surface area contributed by atoms with Gasteiger partial charge in [0.25, 0.3) is 0 Å². The van der Waals surface area contributed by atoms with Crippen LogP contribution in [0, 0.1) is 0 Å². The molecule has 1 saturated heterocycles. The number of hydrazone groups is 1. The van der Waals surface area contributed by atoms with E-state index in [-0.39, 0.29) is 6.10 Å². The number of nitrogens with one attached hydrogen (secondary N) is 2. The van der Waals surface area contributed by atoms with Crippen molar-refractivity contribution in [3.63, 3.8) is 0 Å². The number of thiocarbonyl (C=S) groups is 1. The Morgan fingerprint density at radius 1 is 1.63 bits per heavy atom. The zero-order valence-electron chi connectivity index (χ0n) is 10.6. The third-order valence-electron chi connectivity index (χ3n) is 2.77. The standard InChI is InChI=1S/C12H16ClN3OS2/c1-8(10-4-5-11(13)19-10)15-16-12(18)14-7-9-3-2-6-17-9/h4-5,9H,2-3,6-7H2,1H3,(H2,14,16,18). The van der Waals surface area contributed by atoms with E-state index >= 15 is 0 Å². The summed E-state index contributed by atoms with van der Waals surface area (Å²) in [6, 6.07) is 3.80. The van der Waals surface area contributed by atoms with Crippen LogP contribution in [0.5, 0.6) is 0 Å². The second-order valence-corrected chi connectivity index (χ2v) is 6.38. The van der Waals surface area contributed by atoms with Crippen molar-refractivity contribution in [3.8, 4) is 0 Å². The highest BCUT2D eigenvalue weighted by atomic mass is 35.5. The Morgan fingerprint density at radius 2 is 2.47 bits per heavy atom. The molecule has 1 aliphatic rings. The van der Waals surface area contributed by atoms with E-state index in [9.17, 15) is 0 Å². The van der Waals surface area contributed by atoms with Gasteiger partial charge in [0.05, 0.1) is 21.0 Å². The molecule has 1 aromatic heterocycles. The van der Waals surface area contributed by atoms with Gasteiger partial charge in [-0.2, -0.15) is 5.10 Å². The summed E-state index contributed by atoms with van der Waals surface area (Å²) in [4.78, 5) is 1.03. The van der Waals surface area contributed by atoms with Gasteiger partial charge in [-0.3, -0.25) is 5.43 Å². The van der Waals surface area contributed by atoms with Crippen LogP contribution in [0.4, 0.5) is 0 Å². The van der Waals surface area contributed by atoms with Crippen molar-refractivity contribution >= 4 is 46.0 Å². The van der Waals surface area contributed by atoms with Crippen LogP contribution in [-0.2, 0) is 4.74 Å². The van der Waals surface area contributed by atoms with Gasteiger partial charge in [-0.05, 0) is 44.1 Å². The smallest absolute Gasteiger partial charge is 0.187 e. The Kier molecular flexibility index (Phi) is 5.57. The SMILES string of the molecule is CC(=NNC(=S)NCC1CCCO1)c1ccc(Cl)s1. The summed E-state index contributed by atoms with van der Waals surface area (Å²) in [6.07, 6.45) is 2.48. The first-order valence-corrected chi connectivity index (χ1v) is 7.71. The molecular weight excluding hydrogens is 302 g/mol. The van der Waals surface area contributed by atoms with Crippen LogP contribution in [0.1, 0.15) is 24.6 Å². The van der Waals surface area contributed by atoms with E-state index in [2.05, 4.69) is 15.8 Å². The van der Waals surface area contributed by atoms with Crippen LogP contribution in [0.3, 0.4) is 0 Å². The van der Waals surface area contributed by atoms with Gasteiger partial charge in [0.1, 0.15) is 0 Å². The predicted octanol–water partition coefficient (Wildman–Crippen LogP) is 2.77. The van der Waals surface area contributed by atoms with E-state index in [1.165, 1.54) is 11.3 Å². The fourth-order valence-corrected chi connectivity index (χ4v) is 2.87. The first-order chi connectivity index (χ1) is 9.15. The molecule has 0 saturated carbocycles. The number of hydrogen-bond acceptors (Lipinski definition) is 4. The van der Waals surface area contributed by atoms with Gasteiger partial charge >= 0.3 is 0 Å². The molecule has 4 nitrogen and oxygen atoms in total. The third-order valence-corrected chi connectivity index (χ3v) is 4.34. The van der Waals surface area contributed by atoms with Gasteiger partial charge in [-0.1, -0.05) is 11.6 Å². The third kappa shape index (κ3) is 4.72.